The Balaban J connectivity index is 2.42. The summed E-state index contributed by atoms with van der Waals surface area (Å²) in [6.07, 6.45) is 7.82. The maximum atomic E-state index is 12.5. The van der Waals surface area contributed by atoms with Crippen LogP contribution in [-0.2, 0) is 16.1 Å². The SMILES string of the molecule is CCN1C(=O)C(=CC=CC=Cc2c(C)c(C#N)c(=O)n(CC)c2O)C(C)=C(C#N)C1=O. The first-order valence-electron chi connectivity index (χ1n) is 9.63. The Kier molecular flexibility index (Phi) is 7.12. The number of pyridine rings is 1. The van der Waals surface area contributed by atoms with E-state index in [1.165, 1.54) is 6.08 Å². The first kappa shape index (κ1) is 23.1. The van der Waals surface area contributed by atoms with Gasteiger partial charge in [-0.3, -0.25) is 23.9 Å². The molecule has 8 nitrogen and oxygen atoms in total. The molecular formula is C23H22N4O4. The fraction of sp³-hybridized carbons (Fsp3) is 0.261. The van der Waals surface area contributed by atoms with E-state index in [1.54, 1.807) is 52.0 Å². The van der Waals surface area contributed by atoms with Gasteiger partial charge in [0.2, 0.25) is 5.88 Å². The second-order valence-electron chi connectivity index (χ2n) is 6.69. The van der Waals surface area contributed by atoms with Crippen molar-refractivity contribution in [3.63, 3.8) is 0 Å². The lowest BCUT2D eigenvalue weighted by atomic mass is 9.95. The van der Waals surface area contributed by atoms with Gasteiger partial charge in [-0.2, -0.15) is 10.5 Å². The fourth-order valence-corrected chi connectivity index (χ4v) is 3.27. The number of aromatic hydroxyl groups is 1. The maximum absolute atomic E-state index is 12.5. The van der Waals surface area contributed by atoms with Crippen LogP contribution in [0.1, 0.15) is 37.5 Å². The fourth-order valence-electron chi connectivity index (χ4n) is 3.27. The molecule has 2 rings (SSSR count). The molecule has 158 valence electrons. The van der Waals surface area contributed by atoms with Gasteiger partial charge in [0.1, 0.15) is 23.3 Å². The van der Waals surface area contributed by atoms with E-state index < -0.39 is 17.4 Å². The summed E-state index contributed by atoms with van der Waals surface area (Å²) in [5, 5.41) is 28.9. The number of amides is 2. The average Bonchev–Trinajstić information content (AvgIpc) is 2.73. The van der Waals surface area contributed by atoms with Gasteiger partial charge in [0.05, 0.1) is 0 Å². The van der Waals surface area contributed by atoms with E-state index in [-0.39, 0.29) is 35.7 Å². The van der Waals surface area contributed by atoms with Crippen molar-refractivity contribution in [3.05, 3.63) is 68.1 Å². The first-order valence-corrected chi connectivity index (χ1v) is 9.63. The molecule has 1 aliphatic heterocycles. The summed E-state index contributed by atoms with van der Waals surface area (Å²) in [7, 11) is 0. The average molecular weight is 418 g/mol. The van der Waals surface area contributed by atoms with E-state index in [4.69, 9.17) is 0 Å². The number of hydrogen-bond donors (Lipinski definition) is 1. The summed E-state index contributed by atoms with van der Waals surface area (Å²) < 4.78 is 1.12. The molecule has 0 aliphatic carbocycles. The molecule has 2 heterocycles. The zero-order chi connectivity index (χ0) is 23.3. The van der Waals surface area contributed by atoms with Crippen molar-refractivity contribution in [2.24, 2.45) is 0 Å². The van der Waals surface area contributed by atoms with Crippen LogP contribution in [0.25, 0.3) is 6.08 Å². The number of aromatic nitrogens is 1. The molecule has 1 aromatic rings. The molecule has 0 spiro atoms. The number of nitriles is 2. The molecule has 0 saturated heterocycles. The quantitative estimate of drug-likeness (QED) is 0.445. The van der Waals surface area contributed by atoms with Crippen LogP contribution in [0.4, 0.5) is 0 Å². The third-order valence-electron chi connectivity index (χ3n) is 5.05. The van der Waals surface area contributed by atoms with E-state index in [0.717, 1.165) is 9.47 Å². The summed E-state index contributed by atoms with van der Waals surface area (Å²) in [6.45, 7) is 6.85. The van der Waals surface area contributed by atoms with Gasteiger partial charge in [0, 0.05) is 24.2 Å². The predicted octanol–water partition coefficient (Wildman–Crippen LogP) is 2.48. The van der Waals surface area contributed by atoms with Crippen LogP contribution in [0.2, 0.25) is 0 Å². The van der Waals surface area contributed by atoms with Crippen LogP contribution in [0.5, 0.6) is 5.88 Å². The summed E-state index contributed by atoms with van der Waals surface area (Å²) in [5.41, 5.74) is 0.629. The standard InChI is InChI=1S/C23H22N4O4/c1-5-26-20(28)16(14(3)18(12-24)22(26)30)10-8-7-9-11-17-15(4)19(13-25)23(31)27(6-2)21(17)29/h7-11,28H,5-6H2,1-4H3. The summed E-state index contributed by atoms with van der Waals surface area (Å²) in [4.78, 5) is 37.9. The molecule has 1 aromatic heterocycles. The minimum absolute atomic E-state index is 0.0349. The molecule has 8 heteroatoms. The Morgan fingerprint density at radius 1 is 0.968 bits per heavy atom. The molecule has 0 atom stereocenters. The highest BCUT2D eigenvalue weighted by molar-refractivity contribution is 6.18. The number of likely N-dealkylation sites (N-methyl/N-ethyl adjacent to an activating group) is 1. The molecule has 0 radical (unpaired) electrons. The van der Waals surface area contributed by atoms with Gasteiger partial charge in [-0.1, -0.05) is 18.2 Å². The molecule has 0 bridgehead atoms. The Morgan fingerprint density at radius 2 is 1.65 bits per heavy atom. The van der Waals surface area contributed by atoms with Crippen molar-refractivity contribution in [3.8, 4) is 18.0 Å². The van der Waals surface area contributed by atoms with Crippen LogP contribution in [0, 0.1) is 29.6 Å². The smallest absolute Gasteiger partial charge is 0.271 e. The van der Waals surface area contributed by atoms with Gasteiger partial charge in [-0.15, -0.1) is 0 Å². The predicted molar refractivity (Wildman–Crippen MR) is 114 cm³/mol. The normalized spacial score (nSPS) is 15.9. The van der Waals surface area contributed by atoms with E-state index in [0.29, 0.717) is 16.7 Å². The molecule has 2 amide bonds. The van der Waals surface area contributed by atoms with Gasteiger partial charge in [0.25, 0.3) is 17.4 Å². The molecule has 1 aliphatic rings. The highest BCUT2D eigenvalue weighted by atomic mass is 16.3. The highest BCUT2D eigenvalue weighted by Crippen LogP contribution is 2.25. The van der Waals surface area contributed by atoms with E-state index >= 15 is 0 Å². The molecule has 0 aromatic carbocycles. The van der Waals surface area contributed by atoms with Gasteiger partial charge in [-0.25, -0.2) is 0 Å². The van der Waals surface area contributed by atoms with E-state index in [2.05, 4.69) is 0 Å². The zero-order valence-electron chi connectivity index (χ0n) is 17.8. The van der Waals surface area contributed by atoms with Crippen molar-refractivity contribution < 1.29 is 14.7 Å². The number of carbonyl (C=O) groups excluding carboxylic acids is 2. The minimum atomic E-state index is -0.598. The second-order valence-corrected chi connectivity index (χ2v) is 6.69. The van der Waals surface area contributed by atoms with Crippen LogP contribution in [0.15, 0.2) is 45.8 Å². The van der Waals surface area contributed by atoms with Crippen LogP contribution >= 0.6 is 0 Å². The monoisotopic (exact) mass is 418 g/mol. The topological polar surface area (TPSA) is 127 Å². The molecule has 31 heavy (non-hydrogen) atoms. The summed E-state index contributed by atoms with van der Waals surface area (Å²) in [6, 6.07) is 3.73. The lowest BCUT2D eigenvalue weighted by Crippen LogP contribution is -2.42. The van der Waals surface area contributed by atoms with Crippen molar-refractivity contribution in [1.29, 1.82) is 10.5 Å². The summed E-state index contributed by atoms with van der Waals surface area (Å²) in [5.74, 6) is -1.30. The number of carbonyl (C=O) groups is 2. The molecule has 0 fully saturated rings. The van der Waals surface area contributed by atoms with Crippen LogP contribution < -0.4 is 5.56 Å². The number of imide groups is 1. The Bertz CT molecular complexity index is 1210. The van der Waals surface area contributed by atoms with Gasteiger partial charge < -0.3 is 5.11 Å². The number of allylic oxidation sites excluding steroid dienone is 4. The Labute approximate surface area is 179 Å². The van der Waals surface area contributed by atoms with Crippen molar-refractivity contribution in [2.75, 3.05) is 6.54 Å². The lowest BCUT2D eigenvalue weighted by Gasteiger charge is -2.25. The van der Waals surface area contributed by atoms with Crippen molar-refractivity contribution >= 4 is 17.9 Å². The van der Waals surface area contributed by atoms with E-state index in [1.807, 2.05) is 12.1 Å². The lowest BCUT2D eigenvalue weighted by molar-refractivity contribution is -0.140. The second kappa shape index (κ2) is 9.55. The largest absolute Gasteiger partial charge is 0.494 e. The number of nitrogens with zero attached hydrogens (tertiary/aromatic N) is 4. The number of hydrogen-bond acceptors (Lipinski definition) is 6. The third-order valence-corrected chi connectivity index (χ3v) is 5.05. The molecular weight excluding hydrogens is 396 g/mol. The first-order chi connectivity index (χ1) is 14.7. The molecule has 0 unspecified atom stereocenters. The highest BCUT2D eigenvalue weighted by Gasteiger charge is 2.33. The van der Waals surface area contributed by atoms with Gasteiger partial charge in [-0.05, 0) is 51.0 Å². The number of rotatable bonds is 5. The minimum Gasteiger partial charge on any atom is -0.494 e. The molecule has 1 N–H and O–H groups in total. The van der Waals surface area contributed by atoms with Crippen LogP contribution in [-0.4, -0.2) is 32.9 Å². The van der Waals surface area contributed by atoms with Gasteiger partial charge >= 0.3 is 0 Å². The van der Waals surface area contributed by atoms with Crippen molar-refractivity contribution in [2.45, 2.75) is 34.2 Å². The van der Waals surface area contributed by atoms with E-state index in [9.17, 15) is 30.0 Å². The maximum Gasteiger partial charge on any atom is 0.271 e. The summed E-state index contributed by atoms with van der Waals surface area (Å²) >= 11 is 0. The Morgan fingerprint density at radius 3 is 2.19 bits per heavy atom. The molecule has 0 saturated carbocycles. The zero-order valence-corrected chi connectivity index (χ0v) is 17.8. The Hall–Kier alpha value is -4.17. The van der Waals surface area contributed by atoms with Crippen molar-refractivity contribution in [1.82, 2.24) is 9.47 Å². The third kappa shape index (κ3) is 4.10. The van der Waals surface area contributed by atoms with Gasteiger partial charge in [0.15, 0.2) is 0 Å². The van der Waals surface area contributed by atoms with Crippen LogP contribution in [0.3, 0.4) is 0 Å².